The van der Waals surface area contributed by atoms with Crippen LogP contribution in [0.4, 0.5) is 0 Å². The fraction of sp³-hybridized carbons (Fsp3) is 0.419. The third-order valence-corrected chi connectivity index (χ3v) is 6.11. The van der Waals surface area contributed by atoms with Crippen LogP contribution in [0.2, 0.25) is 0 Å². The van der Waals surface area contributed by atoms with E-state index in [-0.39, 0.29) is 5.97 Å². The molecule has 0 saturated carbocycles. The fourth-order valence-corrected chi connectivity index (χ4v) is 3.94. The zero-order chi connectivity index (χ0) is 24.7. The second-order valence-corrected chi connectivity index (χ2v) is 9.06. The van der Waals surface area contributed by atoms with E-state index in [4.69, 9.17) is 9.47 Å². The van der Waals surface area contributed by atoms with E-state index in [1.807, 2.05) is 36.5 Å². The monoisotopic (exact) mass is 473 g/mol. The predicted molar refractivity (Wildman–Crippen MR) is 143 cm³/mol. The first-order valence-corrected chi connectivity index (χ1v) is 13.2. The van der Waals surface area contributed by atoms with Crippen molar-refractivity contribution in [2.45, 2.75) is 78.1 Å². The van der Waals surface area contributed by atoms with E-state index in [0.29, 0.717) is 17.9 Å². The van der Waals surface area contributed by atoms with Crippen LogP contribution in [0.15, 0.2) is 66.9 Å². The van der Waals surface area contributed by atoms with Crippen molar-refractivity contribution in [1.29, 1.82) is 0 Å². The maximum atomic E-state index is 12.6. The smallest absolute Gasteiger partial charge is 0.343 e. The fourth-order valence-electron chi connectivity index (χ4n) is 3.94. The molecule has 0 atom stereocenters. The molecule has 2 aromatic carbocycles. The number of aromatic nitrogens is 1. The molecule has 0 radical (unpaired) electrons. The van der Waals surface area contributed by atoms with Crippen molar-refractivity contribution in [3.05, 3.63) is 78.0 Å². The van der Waals surface area contributed by atoms with Crippen LogP contribution in [0.3, 0.4) is 0 Å². The molecule has 0 N–H and O–H groups in total. The van der Waals surface area contributed by atoms with Crippen molar-refractivity contribution in [1.82, 2.24) is 4.98 Å². The summed E-state index contributed by atoms with van der Waals surface area (Å²) in [5.74, 6) is 0.925. The minimum Gasteiger partial charge on any atom is -0.494 e. The molecule has 3 aromatic rings. The van der Waals surface area contributed by atoms with Gasteiger partial charge in [0.25, 0.3) is 0 Å². The normalized spacial score (nSPS) is 10.8. The van der Waals surface area contributed by atoms with Gasteiger partial charge in [0.05, 0.1) is 17.9 Å². The maximum absolute atomic E-state index is 12.6. The van der Waals surface area contributed by atoms with E-state index >= 15 is 0 Å². The van der Waals surface area contributed by atoms with E-state index < -0.39 is 0 Å². The molecule has 1 heterocycles. The molecule has 4 heteroatoms. The highest BCUT2D eigenvalue weighted by molar-refractivity contribution is 5.91. The van der Waals surface area contributed by atoms with Gasteiger partial charge in [0.1, 0.15) is 11.5 Å². The van der Waals surface area contributed by atoms with Crippen LogP contribution in [0.1, 0.15) is 87.6 Å². The van der Waals surface area contributed by atoms with Gasteiger partial charge in [-0.05, 0) is 67.3 Å². The molecule has 0 amide bonds. The number of benzene rings is 2. The number of pyridine rings is 1. The molecule has 0 spiro atoms. The zero-order valence-corrected chi connectivity index (χ0v) is 21.3. The van der Waals surface area contributed by atoms with E-state index in [0.717, 1.165) is 29.8 Å². The van der Waals surface area contributed by atoms with Gasteiger partial charge in [-0.3, -0.25) is 4.98 Å². The number of ether oxygens (including phenoxy) is 2. The van der Waals surface area contributed by atoms with Crippen molar-refractivity contribution in [2.24, 2.45) is 0 Å². The summed E-state index contributed by atoms with van der Waals surface area (Å²) < 4.78 is 11.3. The number of hydrogen-bond acceptors (Lipinski definition) is 4. The number of nitrogens with zero attached hydrogens (tertiary/aromatic N) is 1. The molecule has 1 aromatic heterocycles. The maximum Gasteiger partial charge on any atom is 0.343 e. The number of carbonyl (C=O) groups excluding carboxylic acids is 1. The van der Waals surface area contributed by atoms with Gasteiger partial charge >= 0.3 is 5.97 Å². The SMILES string of the molecule is CCCCCCCCOc1ccc(OC(=O)c2ccc(-c3ccc(CCCCC)cn3)cc2)cc1. The first-order valence-electron chi connectivity index (χ1n) is 13.2. The highest BCUT2D eigenvalue weighted by atomic mass is 16.5. The molecule has 0 fully saturated rings. The molecular weight excluding hydrogens is 434 g/mol. The molecule has 4 nitrogen and oxygen atoms in total. The largest absolute Gasteiger partial charge is 0.494 e. The average molecular weight is 474 g/mol. The molecule has 0 bridgehead atoms. The van der Waals surface area contributed by atoms with Crippen molar-refractivity contribution >= 4 is 5.97 Å². The van der Waals surface area contributed by atoms with Crippen LogP contribution >= 0.6 is 0 Å². The van der Waals surface area contributed by atoms with Crippen LogP contribution in [0, 0.1) is 0 Å². The molecule has 0 saturated heterocycles. The van der Waals surface area contributed by atoms with Crippen LogP contribution in [0.25, 0.3) is 11.3 Å². The van der Waals surface area contributed by atoms with Crippen LogP contribution in [-0.4, -0.2) is 17.6 Å². The summed E-state index contributed by atoms with van der Waals surface area (Å²) in [6.07, 6.45) is 14.1. The molecule has 0 aliphatic rings. The highest BCUT2D eigenvalue weighted by Crippen LogP contribution is 2.21. The Kier molecular flexibility index (Phi) is 11.3. The van der Waals surface area contributed by atoms with E-state index in [1.54, 1.807) is 24.3 Å². The second kappa shape index (κ2) is 15.0. The standard InChI is InChI=1S/C31H39NO3/c1-3-5-7-8-9-11-23-34-28-18-20-29(21-19-28)35-31(33)27-16-14-26(15-17-27)30-22-13-25(24-32-30)12-10-6-4-2/h13-22,24H,3-12,23H2,1-2H3. The summed E-state index contributed by atoms with van der Waals surface area (Å²) in [7, 11) is 0. The number of hydrogen-bond donors (Lipinski definition) is 0. The third-order valence-electron chi connectivity index (χ3n) is 6.11. The van der Waals surface area contributed by atoms with Crippen LogP contribution < -0.4 is 9.47 Å². The number of carbonyl (C=O) groups is 1. The zero-order valence-electron chi connectivity index (χ0n) is 21.3. The van der Waals surface area contributed by atoms with Gasteiger partial charge < -0.3 is 9.47 Å². The minimum absolute atomic E-state index is 0.378. The Hall–Kier alpha value is -3.14. The van der Waals surface area contributed by atoms with Crippen molar-refractivity contribution in [3.63, 3.8) is 0 Å². The summed E-state index contributed by atoms with van der Waals surface area (Å²) in [4.78, 5) is 17.2. The second-order valence-electron chi connectivity index (χ2n) is 9.06. The van der Waals surface area contributed by atoms with Crippen molar-refractivity contribution < 1.29 is 14.3 Å². The predicted octanol–water partition coefficient (Wildman–Crippen LogP) is 8.44. The van der Waals surface area contributed by atoms with Crippen LogP contribution in [-0.2, 0) is 6.42 Å². The molecule has 0 aliphatic carbocycles. The minimum atomic E-state index is -0.378. The lowest BCUT2D eigenvalue weighted by Gasteiger charge is -2.08. The Morgan fingerprint density at radius 1 is 0.714 bits per heavy atom. The van der Waals surface area contributed by atoms with Crippen molar-refractivity contribution in [2.75, 3.05) is 6.61 Å². The van der Waals surface area contributed by atoms with Gasteiger partial charge in [-0.2, -0.15) is 0 Å². The topological polar surface area (TPSA) is 48.4 Å². The van der Waals surface area contributed by atoms with E-state index in [1.165, 1.54) is 56.9 Å². The Morgan fingerprint density at radius 2 is 1.37 bits per heavy atom. The Balaban J connectivity index is 1.45. The summed E-state index contributed by atoms with van der Waals surface area (Å²) in [5, 5.41) is 0. The molecule has 0 unspecified atom stereocenters. The third kappa shape index (κ3) is 9.20. The van der Waals surface area contributed by atoms with Gasteiger partial charge in [0.15, 0.2) is 0 Å². The van der Waals surface area contributed by atoms with Crippen LogP contribution in [0.5, 0.6) is 11.5 Å². The molecule has 186 valence electrons. The lowest BCUT2D eigenvalue weighted by molar-refractivity contribution is 0.0734. The van der Waals surface area contributed by atoms with E-state index in [2.05, 4.69) is 24.9 Å². The Morgan fingerprint density at radius 3 is 2.06 bits per heavy atom. The molecule has 3 rings (SSSR count). The lowest BCUT2D eigenvalue weighted by atomic mass is 10.1. The number of esters is 1. The van der Waals surface area contributed by atoms with Gasteiger partial charge in [0.2, 0.25) is 0 Å². The molecule has 35 heavy (non-hydrogen) atoms. The first kappa shape index (κ1) is 26.5. The summed E-state index contributed by atoms with van der Waals surface area (Å²) in [5.41, 5.74) is 3.66. The quantitative estimate of drug-likeness (QED) is 0.126. The van der Waals surface area contributed by atoms with Gasteiger partial charge in [-0.15, -0.1) is 0 Å². The Labute approximate surface area is 210 Å². The summed E-state index contributed by atoms with van der Waals surface area (Å²) in [6, 6.07) is 18.8. The van der Waals surface area contributed by atoms with E-state index in [9.17, 15) is 4.79 Å². The molecule has 0 aliphatic heterocycles. The number of aryl methyl sites for hydroxylation is 1. The van der Waals surface area contributed by atoms with Crippen molar-refractivity contribution in [3.8, 4) is 22.8 Å². The van der Waals surface area contributed by atoms with Gasteiger partial charge in [0, 0.05) is 11.8 Å². The Bertz CT molecular complexity index is 995. The highest BCUT2D eigenvalue weighted by Gasteiger charge is 2.10. The summed E-state index contributed by atoms with van der Waals surface area (Å²) in [6.45, 7) is 5.16. The lowest BCUT2D eigenvalue weighted by Crippen LogP contribution is -2.08. The summed E-state index contributed by atoms with van der Waals surface area (Å²) >= 11 is 0. The first-order chi connectivity index (χ1) is 17.2. The average Bonchev–Trinajstić information content (AvgIpc) is 2.90. The number of unbranched alkanes of at least 4 members (excludes halogenated alkanes) is 7. The van der Waals surface area contributed by atoms with Gasteiger partial charge in [-0.25, -0.2) is 4.79 Å². The molecular formula is C31H39NO3. The number of rotatable bonds is 15. The van der Waals surface area contributed by atoms with Gasteiger partial charge in [-0.1, -0.05) is 77.0 Å².